The molecular formula is C19H25BrN2O2. The number of amides is 2. The molecule has 2 amide bonds. The van der Waals surface area contributed by atoms with Crippen molar-refractivity contribution < 1.29 is 9.59 Å². The molecule has 1 aromatic carbocycles. The quantitative estimate of drug-likeness (QED) is 0.821. The van der Waals surface area contributed by atoms with E-state index < -0.39 is 0 Å². The van der Waals surface area contributed by atoms with Gasteiger partial charge < -0.3 is 10.6 Å². The summed E-state index contributed by atoms with van der Waals surface area (Å²) in [5.74, 6) is 1.22. The maximum atomic E-state index is 12.4. The van der Waals surface area contributed by atoms with Crippen molar-refractivity contribution in [1.29, 1.82) is 0 Å². The van der Waals surface area contributed by atoms with E-state index >= 15 is 0 Å². The lowest BCUT2D eigenvalue weighted by atomic mass is 9.70. The first-order chi connectivity index (χ1) is 11.6. The van der Waals surface area contributed by atoms with Gasteiger partial charge in [0.1, 0.15) is 0 Å². The molecule has 0 aromatic heterocycles. The Bertz CT molecular complexity index is 619. The summed E-state index contributed by atoms with van der Waals surface area (Å²) >= 11 is 3.40. The molecule has 24 heavy (non-hydrogen) atoms. The largest absolute Gasteiger partial charge is 0.353 e. The van der Waals surface area contributed by atoms with Crippen LogP contribution in [-0.2, 0) is 4.79 Å². The number of halogens is 1. The van der Waals surface area contributed by atoms with Crippen molar-refractivity contribution >= 4 is 27.7 Å². The van der Waals surface area contributed by atoms with Gasteiger partial charge in [0.05, 0.1) is 0 Å². The van der Waals surface area contributed by atoms with Crippen molar-refractivity contribution in [2.24, 2.45) is 11.8 Å². The fraction of sp³-hybridized carbons (Fsp3) is 0.579. The normalized spacial score (nSPS) is 29.5. The molecule has 2 aliphatic rings. The predicted octanol–water partition coefficient (Wildman–Crippen LogP) is 3.65. The van der Waals surface area contributed by atoms with Gasteiger partial charge in [0.2, 0.25) is 5.91 Å². The van der Waals surface area contributed by atoms with Crippen molar-refractivity contribution in [3.8, 4) is 0 Å². The van der Waals surface area contributed by atoms with Crippen LogP contribution >= 0.6 is 15.9 Å². The zero-order valence-corrected chi connectivity index (χ0v) is 15.6. The second-order valence-electron chi connectivity index (χ2n) is 7.08. The molecule has 4 atom stereocenters. The van der Waals surface area contributed by atoms with Crippen LogP contribution in [0.4, 0.5) is 0 Å². The zero-order chi connectivity index (χ0) is 17.1. The SMILES string of the molecule is CCCC1CC(=O)NC2CC(NC(=O)c3cccc(Br)c3)CCC12. The highest BCUT2D eigenvalue weighted by atomic mass is 79.9. The number of hydrogen-bond donors (Lipinski definition) is 2. The summed E-state index contributed by atoms with van der Waals surface area (Å²) in [4.78, 5) is 24.4. The predicted molar refractivity (Wildman–Crippen MR) is 97.7 cm³/mol. The Morgan fingerprint density at radius 2 is 2.21 bits per heavy atom. The molecule has 0 bridgehead atoms. The molecule has 1 aliphatic carbocycles. The summed E-state index contributed by atoms with van der Waals surface area (Å²) in [7, 11) is 0. The number of hydrogen-bond acceptors (Lipinski definition) is 2. The van der Waals surface area contributed by atoms with Gasteiger partial charge in [-0.15, -0.1) is 0 Å². The minimum absolute atomic E-state index is 0.0352. The third-order valence-electron chi connectivity index (χ3n) is 5.38. The maximum absolute atomic E-state index is 12.4. The fourth-order valence-electron chi connectivity index (χ4n) is 4.30. The minimum atomic E-state index is -0.0352. The Hall–Kier alpha value is -1.36. The van der Waals surface area contributed by atoms with E-state index in [1.54, 1.807) is 0 Å². The molecule has 1 heterocycles. The van der Waals surface area contributed by atoms with Crippen molar-refractivity contribution in [1.82, 2.24) is 10.6 Å². The zero-order valence-electron chi connectivity index (χ0n) is 14.1. The highest BCUT2D eigenvalue weighted by molar-refractivity contribution is 9.10. The molecule has 1 saturated heterocycles. The summed E-state index contributed by atoms with van der Waals surface area (Å²) < 4.78 is 0.904. The van der Waals surface area contributed by atoms with Crippen LogP contribution in [0, 0.1) is 11.8 Å². The van der Waals surface area contributed by atoms with Gasteiger partial charge in [0.25, 0.3) is 5.91 Å². The molecule has 4 unspecified atom stereocenters. The first-order valence-corrected chi connectivity index (χ1v) is 9.72. The van der Waals surface area contributed by atoms with Gasteiger partial charge in [-0.1, -0.05) is 35.3 Å². The van der Waals surface area contributed by atoms with Gasteiger partial charge in [0, 0.05) is 28.5 Å². The summed E-state index contributed by atoms with van der Waals surface area (Å²) in [6, 6.07) is 7.79. The Morgan fingerprint density at radius 1 is 1.38 bits per heavy atom. The second-order valence-corrected chi connectivity index (χ2v) is 8.00. The Balaban J connectivity index is 1.62. The highest BCUT2D eigenvalue weighted by Gasteiger charge is 2.40. The van der Waals surface area contributed by atoms with Crippen LogP contribution in [0.2, 0.25) is 0 Å². The van der Waals surface area contributed by atoms with E-state index in [9.17, 15) is 9.59 Å². The van der Waals surface area contributed by atoms with Gasteiger partial charge in [0.15, 0.2) is 0 Å². The van der Waals surface area contributed by atoms with Crippen LogP contribution < -0.4 is 10.6 Å². The molecule has 1 aliphatic heterocycles. The number of nitrogens with one attached hydrogen (secondary N) is 2. The number of carbonyl (C=O) groups excluding carboxylic acids is 2. The van der Waals surface area contributed by atoms with Crippen LogP contribution in [0.5, 0.6) is 0 Å². The summed E-state index contributed by atoms with van der Waals surface area (Å²) in [5, 5.41) is 6.31. The van der Waals surface area contributed by atoms with Gasteiger partial charge in [-0.2, -0.15) is 0 Å². The van der Waals surface area contributed by atoms with Crippen molar-refractivity contribution in [2.75, 3.05) is 0 Å². The second kappa shape index (κ2) is 7.68. The van der Waals surface area contributed by atoms with Crippen LogP contribution in [0.3, 0.4) is 0 Å². The summed E-state index contributed by atoms with van der Waals surface area (Å²) in [5.41, 5.74) is 0.669. The van der Waals surface area contributed by atoms with Gasteiger partial charge in [-0.05, 0) is 55.7 Å². The number of fused-ring (bicyclic) bond motifs is 1. The lowest BCUT2D eigenvalue weighted by Crippen LogP contribution is -2.55. The van der Waals surface area contributed by atoms with Gasteiger partial charge in [-0.25, -0.2) is 0 Å². The van der Waals surface area contributed by atoms with Crippen LogP contribution in [-0.4, -0.2) is 23.9 Å². The molecule has 1 aromatic rings. The van der Waals surface area contributed by atoms with E-state index in [0.29, 0.717) is 23.8 Å². The highest BCUT2D eigenvalue weighted by Crippen LogP contribution is 2.37. The van der Waals surface area contributed by atoms with E-state index in [0.717, 1.165) is 36.6 Å². The Morgan fingerprint density at radius 3 is 2.96 bits per heavy atom. The van der Waals surface area contributed by atoms with E-state index in [2.05, 4.69) is 33.5 Å². The number of carbonyl (C=O) groups is 2. The number of piperidine rings is 1. The van der Waals surface area contributed by atoms with Crippen LogP contribution in [0.15, 0.2) is 28.7 Å². The molecule has 3 rings (SSSR count). The molecule has 0 spiro atoms. The molecule has 1 saturated carbocycles. The molecule has 4 nitrogen and oxygen atoms in total. The number of benzene rings is 1. The lowest BCUT2D eigenvalue weighted by Gasteiger charge is -2.44. The Kier molecular flexibility index (Phi) is 5.59. The van der Waals surface area contributed by atoms with Crippen LogP contribution in [0.25, 0.3) is 0 Å². The van der Waals surface area contributed by atoms with Crippen molar-refractivity contribution in [3.63, 3.8) is 0 Å². The van der Waals surface area contributed by atoms with Gasteiger partial charge in [-0.3, -0.25) is 9.59 Å². The van der Waals surface area contributed by atoms with E-state index in [-0.39, 0.29) is 23.9 Å². The first kappa shape index (κ1) is 17.5. The van der Waals surface area contributed by atoms with Crippen LogP contribution in [0.1, 0.15) is 55.8 Å². The van der Waals surface area contributed by atoms with E-state index in [1.165, 1.54) is 0 Å². The van der Waals surface area contributed by atoms with Crippen molar-refractivity contribution in [2.45, 2.75) is 57.5 Å². The molecule has 0 radical (unpaired) electrons. The molecule has 2 fully saturated rings. The molecule has 130 valence electrons. The smallest absolute Gasteiger partial charge is 0.251 e. The van der Waals surface area contributed by atoms with E-state index in [4.69, 9.17) is 0 Å². The third kappa shape index (κ3) is 4.00. The first-order valence-electron chi connectivity index (χ1n) is 8.92. The third-order valence-corrected chi connectivity index (χ3v) is 5.88. The van der Waals surface area contributed by atoms with E-state index in [1.807, 2.05) is 24.3 Å². The average Bonchev–Trinajstić information content (AvgIpc) is 2.54. The monoisotopic (exact) mass is 392 g/mol. The van der Waals surface area contributed by atoms with Gasteiger partial charge >= 0.3 is 0 Å². The summed E-state index contributed by atoms with van der Waals surface area (Å²) in [6.07, 6.45) is 5.85. The number of rotatable bonds is 4. The van der Waals surface area contributed by atoms with Crippen molar-refractivity contribution in [3.05, 3.63) is 34.3 Å². The topological polar surface area (TPSA) is 58.2 Å². The minimum Gasteiger partial charge on any atom is -0.353 e. The maximum Gasteiger partial charge on any atom is 0.251 e. The summed E-state index contributed by atoms with van der Waals surface area (Å²) in [6.45, 7) is 2.19. The lowest BCUT2D eigenvalue weighted by molar-refractivity contribution is -0.127. The standard InChI is InChI=1S/C19H25BrN2O2/c1-2-4-12-10-18(23)22-17-11-15(7-8-16(12)17)21-19(24)13-5-3-6-14(20)9-13/h3,5-6,9,12,15-17H,2,4,7-8,10-11H2,1H3,(H,21,24)(H,22,23). The molecule has 5 heteroatoms. The molecular weight excluding hydrogens is 368 g/mol. The average molecular weight is 393 g/mol. The Labute approximate surface area is 151 Å². The fourth-order valence-corrected chi connectivity index (χ4v) is 4.70. The molecule has 2 N–H and O–H groups in total.